The quantitative estimate of drug-likeness (QED) is 0.553. The van der Waals surface area contributed by atoms with Crippen molar-refractivity contribution < 1.29 is 35.5 Å². The van der Waals surface area contributed by atoms with Crippen LogP contribution < -0.4 is 9.46 Å². The molecule has 1 heterocycles. The van der Waals surface area contributed by atoms with Crippen molar-refractivity contribution in [3.05, 3.63) is 64.5 Å². The summed E-state index contributed by atoms with van der Waals surface area (Å²) in [5.74, 6) is -1.15. The minimum absolute atomic E-state index is 0.135. The van der Waals surface area contributed by atoms with E-state index in [9.17, 15) is 30.8 Å². The second kappa shape index (κ2) is 9.77. The third-order valence-corrected chi connectivity index (χ3v) is 6.74. The van der Waals surface area contributed by atoms with E-state index in [-0.39, 0.29) is 17.6 Å². The lowest BCUT2D eigenvalue weighted by molar-refractivity contribution is -0.137. The molecule has 1 saturated carbocycles. The fourth-order valence-corrected chi connectivity index (χ4v) is 4.73. The van der Waals surface area contributed by atoms with Crippen LogP contribution in [0.25, 0.3) is 0 Å². The van der Waals surface area contributed by atoms with Gasteiger partial charge in [-0.3, -0.25) is 9.69 Å². The molecule has 0 bridgehead atoms. The molecule has 0 aromatic heterocycles. The van der Waals surface area contributed by atoms with Crippen molar-refractivity contribution in [3.8, 4) is 5.75 Å². The highest BCUT2D eigenvalue weighted by Gasteiger charge is 2.31. The molecule has 1 N–H and O–H groups in total. The summed E-state index contributed by atoms with van der Waals surface area (Å²) in [7, 11) is -3.81. The zero-order valence-electron chi connectivity index (χ0n) is 19.1. The van der Waals surface area contributed by atoms with E-state index in [1.165, 1.54) is 24.3 Å². The van der Waals surface area contributed by atoms with Crippen molar-refractivity contribution in [2.45, 2.75) is 50.4 Å². The minimum Gasteiger partial charge on any atom is -0.490 e. The molecule has 2 aromatic rings. The smallest absolute Gasteiger partial charge is 0.416 e. The van der Waals surface area contributed by atoms with Crippen molar-refractivity contribution in [1.82, 2.24) is 9.62 Å². The number of carbonyl (C=O) groups excluding carboxylic acids is 1. The number of ether oxygens (including phenoxy) is 1. The molecular formula is C24H26F4N2O4S. The van der Waals surface area contributed by atoms with E-state index in [0.29, 0.717) is 38.2 Å². The van der Waals surface area contributed by atoms with Gasteiger partial charge in [0.05, 0.1) is 17.4 Å². The third-order valence-electron chi connectivity index (χ3n) is 6.18. The Bertz CT molecular complexity index is 1190. The topological polar surface area (TPSA) is 75.7 Å². The highest BCUT2D eigenvalue weighted by Crippen LogP contribution is 2.43. The lowest BCUT2D eigenvalue weighted by Crippen LogP contribution is -2.38. The Labute approximate surface area is 201 Å². The van der Waals surface area contributed by atoms with Crippen molar-refractivity contribution in [2.75, 3.05) is 19.3 Å². The normalized spacial score (nSPS) is 17.9. The van der Waals surface area contributed by atoms with Gasteiger partial charge in [0.25, 0.3) is 5.91 Å². The van der Waals surface area contributed by atoms with E-state index in [1.54, 1.807) is 0 Å². The van der Waals surface area contributed by atoms with Crippen LogP contribution in [-0.2, 0) is 22.7 Å². The molecule has 0 spiro atoms. The van der Waals surface area contributed by atoms with Crippen LogP contribution in [0.1, 0.15) is 58.6 Å². The number of carbonyl (C=O) groups is 1. The van der Waals surface area contributed by atoms with E-state index in [4.69, 9.17) is 4.74 Å². The zero-order chi connectivity index (χ0) is 25.4. The van der Waals surface area contributed by atoms with E-state index < -0.39 is 33.5 Å². The molecule has 1 aliphatic carbocycles. The lowest BCUT2D eigenvalue weighted by atomic mass is 9.97. The summed E-state index contributed by atoms with van der Waals surface area (Å²) in [6.07, 6.45) is -0.509. The largest absolute Gasteiger partial charge is 0.490 e. The summed E-state index contributed by atoms with van der Waals surface area (Å²) in [4.78, 5) is 14.4. The van der Waals surface area contributed by atoms with Gasteiger partial charge in [0, 0.05) is 19.6 Å². The van der Waals surface area contributed by atoms with Gasteiger partial charge in [0.1, 0.15) is 17.7 Å². The van der Waals surface area contributed by atoms with Crippen molar-refractivity contribution in [2.24, 2.45) is 0 Å². The molecule has 4 rings (SSSR count). The number of hydrogen-bond donors (Lipinski definition) is 1. The maximum atomic E-state index is 14.7. The molecule has 190 valence electrons. The van der Waals surface area contributed by atoms with Gasteiger partial charge in [-0.1, -0.05) is 0 Å². The van der Waals surface area contributed by atoms with Gasteiger partial charge in [-0.15, -0.1) is 0 Å². The highest BCUT2D eigenvalue weighted by molar-refractivity contribution is 7.89. The van der Waals surface area contributed by atoms with Crippen molar-refractivity contribution >= 4 is 15.9 Å². The molecule has 2 fully saturated rings. The van der Waals surface area contributed by atoms with E-state index in [0.717, 1.165) is 42.4 Å². The molecule has 1 aliphatic heterocycles. The summed E-state index contributed by atoms with van der Waals surface area (Å²) >= 11 is 0. The Morgan fingerprint density at radius 1 is 1.09 bits per heavy atom. The Balaban J connectivity index is 1.38. The SMILES string of the molecule is CS(=O)(=O)NC(=O)c1cc(C2CC2)c(CN2CCC(Oc3ccc(C(F)(F)F)cc3)CC2)cc1F. The Hall–Kier alpha value is -2.66. The number of nitrogens with zero attached hydrogens (tertiary/aromatic N) is 1. The number of rotatable bonds is 7. The predicted octanol–water partition coefficient (Wildman–Crippen LogP) is 4.45. The number of likely N-dealkylation sites (tertiary alicyclic amines) is 1. The fourth-order valence-electron chi connectivity index (χ4n) is 4.28. The average Bonchev–Trinajstić information content (AvgIpc) is 3.59. The van der Waals surface area contributed by atoms with Gasteiger partial charge in [-0.2, -0.15) is 13.2 Å². The summed E-state index contributed by atoms with van der Waals surface area (Å²) in [6.45, 7) is 1.80. The Morgan fingerprint density at radius 2 is 1.71 bits per heavy atom. The van der Waals surface area contributed by atoms with Crippen LogP contribution >= 0.6 is 0 Å². The first-order valence-corrected chi connectivity index (χ1v) is 13.2. The number of halogens is 4. The van der Waals surface area contributed by atoms with Crippen LogP contribution in [0.15, 0.2) is 36.4 Å². The highest BCUT2D eigenvalue weighted by atomic mass is 32.2. The number of alkyl halides is 3. The van der Waals surface area contributed by atoms with Crippen LogP contribution in [0.5, 0.6) is 5.75 Å². The summed E-state index contributed by atoms with van der Waals surface area (Å²) in [5, 5.41) is 0. The lowest BCUT2D eigenvalue weighted by Gasteiger charge is -2.32. The molecule has 2 aromatic carbocycles. The first-order chi connectivity index (χ1) is 16.4. The molecule has 0 atom stereocenters. The molecular weight excluding hydrogens is 488 g/mol. The molecule has 0 radical (unpaired) electrons. The first kappa shape index (κ1) is 25.4. The summed E-state index contributed by atoms with van der Waals surface area (Å²) in [5.41, 5.74) is 0.610. The molecule has 6 nitrogen and oxygen atoms in total. The van der Waals surface area contributed by atoms with Crippen LogP contribution in [-0.4, -0.2) is 44.7 Å². The standard InChI is InChI=1S/C24H26F4N2O4S/c1-35(32,33)29-23(31)21-13-20(15-2-3-15)16(12-22(21)25)14-30-10-8-19(9-11-30)34-18-6-4-17(5-7-18)24(26,27)28/h4-7,12-13,15,19H,2-3,8-11,14H2,1H3,(H,29,31). The predicted molar refractivity (Wildman–Crippen MR) is 121 cm³/mol. The number of sulfonamides is 1. The number of piperidine rings is 1. The number of hydrogen-bond acceptors (Lipinski definition) is 5. The van der Waals surface area contributed by atoms with Gasteiger partial charge < -0.3 is 4.74 Å². The van der Waals surface area contributed by atoms with E-state index >= 15 is 0 Å². The molecule has 2 aliphatic rings. The van der Waals surface area contributed by atoms with Crippen molar-refractivity contribution in [1.29, 1.82) is 0 Å². The van der Waals surface area contributed by atoms with Crippen LogP contribution in [0, 0.1) is 5.82 Å². The zero-order valence-corrected chi connectivity index (χ0v) is 19.9. The second-order valence-corrected chi connectivity index (χ2v) is 10.9. The van der Waals surface area contributed by atoms with E-state index in [1.807, 2.05) is 4.72 Å². The second-order valence-electron chi connectivity index (χ2n) is 9.12. The monoisotopic (exact) mass is 514 g/mol. The molecule has 11 heteroatoms. The molecule has 1 saturated heterocycles. The Morgan fingerprint density at radius 3 is 2.26 bits per heavy atom. The molecule has 1 amide bonds. The number of benzene rings is 2. The Kier molecular flexibility index (Phi) is 7.10. The maximum Gasteiger partial charge on any atom is 0.416 e. The molecule has 35 heavy (non-hydrogen) atoms. The van der Waals surface area contributed by atoms with Gasteiger partial charge in [0.15, 0.2) is 0 Å². The minimum atomic E-state index is -4.39. The van der Waals surface area contributed by atoms with Gasteiger partial charge in [-0.25, -0.2) is 17.5 Å². The maximum absolute atomic E-state index is 14.7. The fraction of sp³-hybridized carbons (Fsp3) is 0.458. The van der Waals surface area contributed by atoms with Crippen LogP contribution in [0.4, 0.5) is 17.6 Å². The van der Waals surface area contributed by atoms with Crippen LogP contribution in [0.3, 0.4) is 0 Å². The van der Waals surface area contributed by atoms with Crippen LogP contribution in [0.2, 0.25) is 0 Å². The third kappa shape index (κ3) is 6.72. The molecule has 0 unspecified atom stereocenters. The first-order valence-electron chi connectivity index (χ1n) is 11.3. The average molecular weight is 515 g/mol. The summed E-state index contributed by atoms with van der Waals surface area (Å²) in [6, 6.07) is 7.41. The number of nitrogens with one attached hydrogen (secondary N) is 1. The van der Waals surface area contributed by atoms with Gasteiger partial charge in [-0.05, 0) is 79.1 Å². The van der Waals surface area contributed by atoms with Gasteiger partial charge >= 0.3 is 6.18 Å². The summed E-state index contributed by atoms with van der Waals surface area (Å²) < 4.78 is 83.3. The van der Waals surface area contributed by atoms with Gasteiger partial charge in [0.2, 0.25) is 10.0 Å². The van der Waals surface area contributed by atoms with Crippen molar-refractivity contribution in [3.63, 3.8) is 0 Å². The van der Waals surface area contributed by atoms with E-state index in [2.05, 4.69) is 4.90 Å². The number of amides is 1.